The first-order valence-corrected chi connectivity index (χ1v) is 7.49. The standard InChI is InChI=1S/C19H18N2O2/c1-14-8-10-17(11-9-14)19(22)23-18-12-15(2)20-21(18)13-16-6-4-3-5-7-16/h3-12H,13H2,1-2H3. The van der Waals surface area contributed by atoms with E-state index in [-0.39, 0.29) is 5.97 Å². The molecular weight excluding hydrogens is 288 g/mol. The van der Waals surface area contributed by atoms with E-state index in [2.05, 4.69) is 5.10 Å². The number of carbonyl (C=O) groups is 1. The Morgan fingerprint density at radius 3 is 2.43 bits per heavy atom. The third-order valence-corrected chi connectivity index (χ3v) is 3.52. The fourth-order valence-corrected chi connectivity index (χ4v) is 2.32. The first-order valence-electron chi connectivity index (χ1n) is 7.49. The molecule has 0 spiro atoms. The highest BCUT2D eigenvalue weighted by Crippen LogP contribution is 2.17. The summed E-state index contributed by atoms with van der Waals surface area (Å²) in [5.41, 5.74) is 3.54. The van der Waals surface area contributed by atoms with Gasteiger partial charge in [-0.1, -0.05) is 48.0 Å². The SMILES string of the molecule is Cc1ccc(C(=O)Oc2cc(C)nn2Cc2ccccc2)cc1. The molecule has 0 aliphatic rings. The van der Waals surface area contributed by atoms with Crippen LogP contribution in [-0.2, 0) is 6.54 Å². The van der Waals surface area contributed by atoms with Gasteiger partial charge in [0.15, 0.2) is 0 Å². The van der Waals surface area contributed by atoms with Crippen LogP contribution in [0.4, 0.5) is 0 Å². The maximum atomic E-state index is 12.3. The van der Waals surface area contributed by atoms with Crippen molar-refractivity contribution in [1.29, 1.82) is 0 Å². The molecule has 0 atom stereocenters. The predicted octanol–water partition coefficient (Wildman–Crippen LogP) is 3.77. The van der Waals surface area contributed by atoms with Crippen LogP contribution in [0.1, 0.15) is 27.2 Å². The van der Waals surface area contributed by atoms with Crippen LogP contribution in [0.5, 0.6) is 5.88 Å². The molecule has 0 unspecified atom stereocenters. The molecule has 2 aromatic carbocycles. The Kier molecular flexibility index (Phi) is 4.24. The molecule has 4 heteroatoms. The van der Waals surface area contributed by atoms with Crippen molar-refractivity contribution in [2.75, 3.05) is 0 Å². The second-order valence-corrected chi connectivity index (χ2v) is 5.52. The van der Waals surface area contributed by atoms with Crippen molar-refractivity contribution in [3.63, 3.8) is 0 Å². The number of rotatable bonds is 4. The van der Waals surface area contributed by atoms with Crippen LogP contribution in [0, 0.1) is 13.8 Å². The molecule has 3 aromatic rings. The number of esters is 1. The van der Waals surface area contributed by atoms with Crippen LogP contribution in [0.3, 0.4) is 0 Å². The minimum Gasteiger partial charge on any atom is -0.404 e. The number of hydrogen-bond donors (Lipinski definition) is 0. The minimum absolute atomic E-state index is 0.376. The molecule has 0 bridgehead atoms. The number of carbonyl (C=O) groups excluding carboxylic acids is 1. The highest BCUT2D eigenvalue weighted by Gasteiger charge is 2.13. The largest absolute Gasteiger partial charge is 0.404 e. The topological polar surface area (TPSA) is 44.1 Å². The smallest absolute Gasteiger partial charge is 0.344 e. The van der Waals surface area contributed by atoms with Crippen molar-refractivity contribution in [3.05, 3.63) is 83.0 Å². The van der Waals surface area contributed by atoms with Gasteiger partial charge in [0.2, 0.25) is 5.88 Å². The van der Waals surface area contributed by atoms with E-state index in [0.717, 1.165) is 16.8 Å². The molecule has 0 amide bonds. The van der Waals surface area contributed by atoms with Gasteiger partial charge in [0, 0.05) is 6.07 Å². The van der Waals surface area contributed by atoms with Crippen molar-refractivity contribution in [1.82, 2.24) is 9.78 Å². The van der Waals surface area contributed by atoms with Gasteiger partial charge in [-0.15, -0.1) is 0 Å². The van der Waals surface area contributed by atoms with Crippen molar-refractivity contribution in [2.45, 2.75) is 20.4 Å². The molecule has 0 fully saturated rings. The summed E-state index contributed by atoms with van der Waals surface area (Å²) in [6.07, 6.45) is 0. The monoisotopic (exact) mass is 306 g/mol. The van der Waals surface area contributed by atoms with E-state index in [4.69, 9.17) is 4.74 Å². The maximum Gasteiger partial charge on any atom is 0.344 e. The molecule has 0 saturated heterocycles. The Bertz CT molecular complexity index is 805. The van der Waals surface area contributed by atoms with Crippen molar-refractivity contribution in [3.8, 4) is 5.88 Å². The van der Waals surface area contributed by atoms with Crippen molar-refractivity contribution in [2.24, 2.45) is 0 Å². The van der Waals surface area contributed by atoms with Gasteiger partial charge in [-0.2, -0.15) is 5.10 Å². The van der Waals surface area contributed by atoms with Crippen LogP contribution in [0.15, 0.2) is 60.7 Å². The van der Waals surface area contributed by atoms with Crippen molar-refractivity contribution < 1.29 is 9.53 Å². The molecule has 116 valence electrons. The molecule has 0 radical (unpaired) electrons. The Hall–Kier alpha value is -2.88. The van der Waals surface area contributed by atoms with E-state index in [1.165, 1.54) is 0 Å². The van der Waals surface area contributed by atoms with Gasteiger partial charge in [-0.05, 0) is 31.5 Å². The Morgan fingerprint density at radius 2 is 1.74 bits per heavy atom. The Morgan fingerprint density at radius 1 is 1.04 bits per heavy atom. The quantitative estimate of drug-likeness (QED) is 0.689. The Balaban J connectivity index is 1.80. The zero-order chi connectivity index (χ0) is 16.2. The number of aromatic nitrogens is 2. The Labute approximate surface area is 135 Å². The third kappa shape index (κ3) is 3.66. The summed E-state index contributed by atoms with van der Waals surface area (Å²) < 4.78 is 7.23. The zero-order valence-electron chi connectivity index (χ0n) is 13.2. The summed E-state index contributed by atoms with van der Waals surface area (Å²) in [4.78, 5) is 12.3. The molecule has 4 nitrogen and oxygen atoms in total. The average molecular weight is 306 g/mol. The first-order chi connectivity index (χ1) is 11.1. The molecule has 1 heterocycles. The summed E-state index contributed by atoms with van der Waals surface area (Å²) in [6, 6.07) is 19.0. The molecule has 1 aromatic heterocycles. The van der Waals surface area contributed by atoms with E-state index in [0.29, 0.717) is 18.0 Å². The number of aryl methyl sites for hydroxylation is 2. The number of nitrogens with zero attached hydrogens (tertiary/aromatic N) is 2. The van der Waals surface area contributed by atoms with Crippen molar-refractivity contribution >= 4 is 5.97 Å². The van der Waals surface area contributed by atoms with E-state index >= 15 is 0 Å². The normalized spacial score (nSPS) is 10.5. The summed E-state index contributed by atoms with van der Waals surface area (Å²) in [6.45, 7) is 4.42. The molecular formula is C19H18N2O2. The zero-order valence-corrected chi connectivity index (χ0v) is 13.2. The second kappa shape index (κ2) is 6.48. The van der Waals surface area contributed by atoms with Gasteiger partial charge >= 0.3 is 5.97 Å². The lowest BCUT2D eigenvalue weighted by Gasteiger charge is -2.08. The molecule has 0 aliphatic heterocycles. The van der Waals surface area contributed by atoms with Gasteiger partial charge in [0.25, 0.3) is 0 Å². The minimum atomic E-state index is -0.376. The highest BCUT2D eigenvalue weighted by molar-refractivity contribution is 5.90. The van der Waals surface area contributed by atoms with Gasteiger partial charge in [0.1, 0.15) is 0 Å². The molecule has 23 heavy (non-hydrogen) atoms. The fourth-order valence-electron chi connectivity index (χ4n) is 2.32. The van der Waals surface area contributed by atoms with E-state index in [1.807, 2.05) is 56.3 Å². The average Bonchev–Trinajstić information content (AvgIpc) is 2.88. The summed E-state index contributed by atoms with van der Waals surface area (Å²) in [5.74, 6) is 0.0798. The first kappa shape index (κ1) is 15.0. The van der Waals surface area contributed by atoms with E-state index in [1.54, 1.807) is 22.9 Å². The van der Waals surface area contributed by atoms with E-state index < -0.39 is 0 Å². The summed E-state index contributed by atoms with van der Waals surface area (Å²) in [7, 11) is 0. The fraction of sp³-hybridized carbons (Fsp3) is 0.158. The van der Waals surface area contributed by atoms with Gasteiger partial charge in [-0.3, -0.25) is 0 Å². The van der Waals surface area contributed by atoms with Crippen LogP contribution < -0.4 is 4.74 Å². The molecule has 0 N–H and O–H groups in total. The second-order valence-electron chi connectivity index (χ2n) is 5.52. The lowest BCUT2D eigenvalue weighted by Crippen LogP contribution is -2.13. The number of ether oxygens (including phenoxy) is 1. The van der Waals surface area contributed by atoms with Crippen LogP contribution in [0.25, 0.3) is 0 Å². The lowest BCUT2D eigenvalue weighted by atomic mass is 10.1. The van der Waals surface area contributed by atoms with Crippen LogP contribution in [0.2, 0.25) is 0 Å². The number of hydrogen-bond acceptors (Lipinski definition) is 3. The third-order valence-electron chi connectivity index (χ3n) is 3.52. The van der Waals surface area contributed by atoms with Crippen LogP contribution in [-0.4, -0.2) is 15.7 Å². The molecule has 0 saturated carbocycles. The molecule has 3 rings (SSSR count). The van der Waals surface area contributed by atoms with E-state index in [9.17, 15) is 4.79 Å². The van der Waals surface area contributed by atoms with Gasteiger partial charge in [-0.25, -0.2) is 9.48 Å². The van der Waals surface area contributed by atoms with Gasteiger partial charge < -0.3 is 4.74 Å². The summed E-state index contributed by atoms with van der Waals surface area (Å²) >= 11 is 0. The predicted molar refractivity (Wildman–Crippen MR) is 88.6 cm³/mol. The van der Waals surface area contributed by atoms with Gasteiger partial charge in [0.05, 0.1) is 17.8 Å². The highest BCUT2D eigenvalue weighted by atomic mass is 16.5. The lowest BCUT2D eigenvalue weighted by molar-refractivity contribution is 0.0719. The summed E-state index contributed by atoms with van der Waals surface area (Å²) in [5, 5.41) is 4.41. The van der Waals surface area contributed by atoms with Crippen LogP contribution >= 0.6 is 0 Å². The number of benzene rings is 2. The maximum absolute atomic E-state index is 12.3. The molecule has 0 aliphatic carbocycles.